The average molecular weight is 159 g/mol. The Hall–Kier alpha value is -0.800. The van der Waals surface area contributed by atoms with Gasteiger partial charge in [0.25, 0.3) is 0 Å². The van der Waals surface area contributed by atoms with Crippen LogP contribution in [-0.4, -0.2) is 22.6 Å². The third-order valence-electron chi connectivity index (χ3n) is 1.57. The average Bonchev–Trinajstić information content (AvgIpc) is 1.87. The van der Waals surface area contributed by atoms with E-state index in [-0.39, 0.29) is 11.0 Å². The monoisotopic (exact) mass is 159 g/mol. The van der Waals surface area contributed by atoms with Crippen LogP contribution in [0.4, 0.5) is 0 Å². The standard InChI is InChI=1S/C7H17N3O/c1-4-5-6-9(7(2)3)10(8)11/h7-8H,4-6H2,1-3H3. The highest BCUT2D eigenvalue weighted by atomic mass is 16.5. The maximum atomic E-state index is 10.6. The normalized spacial score (nSPS) is 10.2. The molecule has 1 N–H and O–H groups in total. The molecule has 0 atom stereocenters. The Balaban J connectivity index is 3.80. The summed E-state index contributed by atoms with van der Waals surface area (Å²) in [5, 5.41) is 12.1. The number of unbranched alkanes of at least 4 members (excludes halogenated alkanes) is 1. The molecule has 0 aliphatic heterocycles. The van der Waals surface area contributed by atoms with Crippen molar-refractivity contribution in [3.63, 3.8) is 0 Å². The molecule has 0 aliphatic rings. The molecule has 0 amide bonds. The molecule has 0 aromatic heterocycles. The molecule has 4 heteroatoms. The van der Waals surface area contributed by atoms with Crippen molar-refractivity contribution in [2.45, 2.75) is 39.7 Å². The highest BCUT2D eigenvalue weighted by molar-refractivity contribution is 4.50. The van der Waals surface area contributed by atoms with Crippen LogP contribution in [0.5, 0.6) is 0 Å². The number of rotatable bonds is 5. The predicted molar refractivity (Wildman–Crippen MR) is 43.1 cm³/mol. The first kappa shape index (κ1) is 10.2. The minimum atomic E-state index is 0.122. The third-order valence-corrected chi connectivity index (χ3v) is 1.57. The topological polar surface area (TPSA) is 53.2 Å². The predicted octanol–water partition coefficient (Wildman–Crippen LogP) is 1.95. The van der Waals surface area contributed by atoms with Gasteiger partial charge in [0.2, 0.25) is 0 Å². The zero-order valence-corrected chi connectivity index (χ0v) is 7.50. The van der Waals surface area contributed by atoms with Gasteiger partial charge in [-0.3, -0.25) is 0 Å². The summed E-state index contributed by atoms with van der Waals surface area (Å²) in [4.78, 5) is 0.181. The molecule has 0 spiro atoms. The molecular formula is C7H17N3O. The molecule has 4 nitrogen and oxygen atoms in total. The Morgan fingerprint density at radius 3 is 2.36 bits per heavy atom. The molecule has 11 heavy (non-hydrogen) atoms. The zero-order valence-electron chi connectivity index (χ0n) is 7.50. The Labute approximate surface area is 67.9 Å². The molecule has 0 fully saturated rings. The van der Waals surface area contributed by atoms with Gasteiger partial charge < -0.3 is 5.21 Å². The van der Waals surface area contributed by atoms with Crippen molar-refractivity contribution in [2.75, 3.05) is 6.54 Å². The van der Waals surface area contributed by atoms with E-state index in [0.717, 1.165) is 12.8 Å². The highest BCUT2D eigenvalue weighted by Gasteiger charge is 2.13. The molecule has 0 heterocycles. The molecule has 0 unspecified atom stereocenters. The van der Waals surface area contributed by atoms with Gasteiger partial charge in [0.05, 0.1) is 12.6 Å². The fraction of sp³-hybridized carbons (Fsp3) is 1.00. The van der Waals surface area contributed by atoms with Crippen molar-refractivity contribution in [3.8, 4) is 0 Å². The van der Waals surface area contributed by atoms with Crippen LogP contribution >= 0.6 is 0 Å². The first-order valence-electron chi connectivity index (χ1n) is 4.04. The van der Waals surface area contributed by atoms with Gasteiger partial charge in [-0.2, -0.15) is 0 Å². The molecule has 0 saturated heterocycles. The Morgan fingerprint density at radius 2 is 2.09 bits per heavy atom. The van der Waals surface area contributed by atoms with E-state index in [1.165, 1.54) is 5.01 Å². The van der Waals surface area contributed by atoms with Crippen molar-refractivity contribution in [1.29, 1.82) is 5.53 Å². The lowest BCUT2D eigenvalue weighted by molar-refractivity contribution is -0.717. The molecule has 66 valence electrons. The van der Waals surface area contributed by atoms with Crippen molar-refractivity contribution in [3.05, 3.63) is 5.21 Å². The molecule has 0 radical (unpaired) electrons. The molecule has 0 rings (SSSR count). The summed E-state index contributed by atoms with van der Waals surface area (Å²) in [6.07, 6.45) is 2.02. The first-order valence-corrected chi connectivity index (χ1v) is 4.04. The van der Waals surface area contributed by atoms with Gasteiger partial charge >= 0.3 is 0 Å². The van der Waals surface area contributed by atoms with Crippen LogP contribution < -0.4 is 0 Å². The number of nitrogens with zero attached hydrogens (tertiary/aromatic N) is 2. The van der Waals surface area contributed by atoms with E-state index in [0.29, 0.717) is 6.54 Å². The van der Waals surface area contributed by atoms with Gasteiger partial charge in [0.1, 0.15) is 0 Å². The van der Waals surface area contributed by atoms with Crippen LogP contribution in [0.3, 0.4) is 0 Å². The summed E-state index contributed by atoms with van der Waals surface area (Å²) in [6, 6.07) is 0.122. The van der Waals surface area contributed by atoms with Gasteiger partial charge in [-0.15, -0.1) is 5.01 Å². The van der Waals surface area contributed by atoms with E-state index in [1.807, 2.05) is 13.8 Å². The van der Waals surface area contributed by atoms with E-state index < -0.39 is 0 Å². The lowest BCUT2D eigenvalue weighted by atomic mass is 10.3. The Morgan fingerprint density at radius 1 is 1.55 bits per heavy atom. The second-order valence-corrected chi connectivity index (χ2v) is 2.88. The van der Waals surface area contributed by atoms with Crippen LogP contribution in [0.25, 0.3) is 0 Å². The fourth-order valence-corrected chi connectivity index (χ4v) is 0.879. The summed E-state index contributed by atoms with van der Waals surface area (Å²) in [6.45, 7) is 6.57. The summed E-state index contributed by atoms with van der Waals surface area (Å²) in [5.74, 6) is 0. The minimum absolute atomic E-state index is 0.122. The highest BCUT2D eigenvalue weighted by Crippen LogP contribution is 2.00. The second kappa shape index (κ2) is 4.93. The van der Waals surface area contributed by atoms with E-state index in [2.05, 4.69) is 6.92 Å². The summed E-state index contributed by atoms with van der Waals surface area (Å²) >= 11 is 0. The van der Waals surface area contributed by atoms with Crippen LogP contribution in [0.15, 0.2) is 0 Å². The summed E-state index contributed by atoms with van der Waals surface area (Å²) in [5.41, 5.74) is 6.85. The number of nitrogens with one attached hydrogen (secondary N) is 1. The van der Waals surface area contributed by atoms with E-state index in [4.69, 9.17) is 5.53 Å². The Bertz CT molecular complexity index is 125. The molecule has 0 saturated carbocycles. The number of hydrogen-bond donors (Lipinski definition) is 1. The zero-order chi connectivity index (χ0) is 8.85. The SMILES string of the molecule is CCCCN(C(C)C)[N+](=N)[O-]. The molecule has 0 bridgehead atoms. The summed E-state index contributed by atoms with van der Waals surface area (Å²) in [7, 11) is 0. The third kappa shape index (κ3) is 3.80. The van der Waals surface area contributed by atoms with Crippen molar-refractivity contribution < 1.29 is 4.97 Å². The largest absolute Gasteiger partial charge is 0.572 e. The second-order valence-electron chi connectivity index (χ2n) is 2.88. The maximum absolute atomic E-state index is 10.6. The molecule has 0 aromatic carbocycles. The van der Waals surface area contributed by atoms with E-state index in [1.54, 1.807) is 0 Å². The van der Waals surface area contributed by atoms with E-state index in [9.17, 15) is 5.21 Å². The van der Waals surface area contributed by atoms with Crippen LogP contribution in [0.2, 0.25) is 0 Å². The number of hydrogen-bond acceptors (Lipinski definition) is 2. The van der Waals surface area contributed by atoms with Crippen molar-refractivity contribution in [2.24, 2.45) is 0 Å². The molecular weight excluding hydrogens is 142 g/mol. The first-order chi connectivity index (χ1) is 5.09. The maximum Gasteiger partial charge on any atom is 0.0820 e. The van der Waals surface area contributed by atoms with Gasteiger partial charge in [0, 0.05) is 4.97 Å². The van der Waals surface area contributed by atoms with Crippen LogP contribution in [-0.2, 0) is 0 Å². The van der Waals surface area contributed by atoms with Crippen LogP contribution in [0.1, 0.15) is 33.6 Å². The number of hydrazine groups is 1. The fourth-order valence-electron chi connectivity index (χ4n) is 0.879. The smallest absolute Gasteiger partial charge is 0.0820 e. The van der Waals surface area contributed by atoms with Crippen LogP contribution in [0, 0.1) is 10.7 Å². The Kier molecular flexibility index (Phi) is 4.57. The lowest BCUT2D eigenvalue weighted by Crippen LogP contribution is -2.36. The minimum Gasteiger partial charge on any atom is -0.572 e. The van der Waals surface area contributed by atoms with Gasteiger partial charge in [-0.25, -0.2) is 0 Å². The lowest BCUT2D eigenvalue weighted by Gasteiger charge is -2.20. The van der Waals surface area contributed by atoms with Gasteiger partial charge in [-0.1, -0.05) is 13.3 Å². The molecule has 0 aliphatic carbocycles. The quantitative estimate of drug-likeness (QED) is 0.378. The van der Waals surface area contributed by atoms with Gasteiger partial charge in [0.15, 0.2) is 0 Å². The van der Waals surface area contributed by atoms with Crippen molar-refractivity contribution in [1.82, 2.24) is 5.01 Å². The molecule has 0 aromatic rings. The van der Waals surface area contributed by atoms with Crippen molar-refractivity contribution >= 4 is 0 Å². The van der Waals surface area contributed by atoms with Gasteiger partial charge in [-0.05, 0) is 25.8 Å². The summed E-state index contributed by atoms with van der Waals surface area (Å²) < 4.78 is 0. The van der Waals surface area contributed by atoms with E-state index >= 15 is 0 Å².